The van der Waals surface area contributed by atoms with Crippen LogP contribution in [-0.4, -0.2) is 44.7 Å². The van der Waals surface area contributed by atoms with Crippen molar-refractivity contribution >= 4 is 19.8 Å². The second kappa shape index (κ2) is 9.75. The van der Waals surface area contributed by atoms with Gasteiger partial charge in [-0.25, -0.2) is 0 Å². The molecule has 1 N–H and O–H groups in total. The molecular weight excluding hydrogens is 150 g/mol. The van der Waals surface area contributed by atoms with Crippen molar-refractivity contribution in [2.45, 2.75) is 6.92 Å². The van der Waals surface area contributed by atoms with Gasteiger partial charge in [-0.15, -0.1) is 0 Å². The van der Waals surface area contributed by atoms with E-state index in [4.69, 9.17) is 9.84 Å². The van der Waals surface area contributed by atoms with Gasteiger partial charge in [0.15, 0.2) is 0 Å². The Morgan fingerprint density at radius 1 is 1.57 bits per heavy atom. The third-order valence-electron chi connectivity index (χ3n) is 0.440. The van der Waals surface area contributed by atoms with Gasteiger partial charge in [-0.2, -0.15) is 0 Å². The van der Waals surface area contributed by atoms with Gasteiger partial charge < -0.3 is 9.84 Å². The molecule has 0 aromatic rings. The van der Waals surface area contributed by atoms with Crippen LogP contribution in [0.25, 0.3) is 0 Å². The predicted molar refractivity (Wildman–Crippen MR) is 33.5 cm³/mol. The second-order valence-electron chi connectivity index (χ2n) is 0.921. The van der Waals surface area contributed by atoms with Gasteiger partial charge in [0.1, 0.15) is 0 Å². The topological polar surface area (TPSA) is 29.5 Å². The number of hydrogen-bond donors (Lipinski definition) is 1. The minimum absolute atomic E-state index is 0. The fourth-order valence-corrected chi connectivity index (χ4v) is 0.209. The average Bonchev–Trinajstić information content (AvgIpc) is 1.61. The molecule has 0 aliphatic rings. The zero-order chi connectivity index (χ0) is 4.83. The first-order chi connectivity index (χ1) is 2.91. The molecule has 0 aromatic carbocycles. The number of aliphatic hydroxyl groups excluding tert-OH is 1. The average molecular weight is 163 g/mol. The van der Waals surface area contributed by atoms with Crippen molar-refractivity contribution < 1.29 is 9.84 Å². The zero-order valence-electron chi connectivity index (χ0n) is 3.98. The van der Waals surface area contributed by atoms with Crippen LogP contribution in [0, 0.1) is 0 Å². The Labute approximate surface area is 56.9 Å². The summed E-state index contributed by atoms with van der Waals surface area (Å²) >= 11 is 0. The quantitative estimate of drug-likeness (QED) is 0.419. The second-order valence-corrected chi connectivity index (χ2v) is 0.921. The fraction of sp³-hybridized carbons (Fsp3) is 1.00. The summed E-state index contributed by atoms with van der Waals surface area (Å²) in [5.41, 5.74) is 0. The van der Waals surface area contributed by atoms with Crippen LogP contribution in [-0.2, 0) is 4.74 Å². The Balaban J connectivity index is 0. The molecule has 0 saturated carbocycles. The van der Waals surface area contributed by atoms with Gasteiger partial charge in [0.05, 0.1) is 13.2 Å². The Bertz CT molecular complexity index is 21.7. The Kier molecular flexibility index (Phi) is 14.7. The van der Waals surface area contributed by atoms with Crippen LogP contribution in [0.2, 0.25) is 0 Å². The van der Waals surface area contributed by atoms with Crippen LogP contribution in [0.1, 0.15) is 6.92 Å². The van der Waals surface area contributed by atoms with E-state index in [2.05, 4.69) is 0 Å². The molecule has 0 rings (SSSR count). The van der Waals surface area contributed by atoms with Gasteiger partial charge in [0.25, 0.3) is 0 Å². The summed E-state index contributed by atoms with van der Waals surface area (Å²) in [6, 6.07) is 0. The molecule has 44 valence electrons. The van der Waals surface area contributed by atoms with E-state index in [1.807, 2.05) is 6.92 Å². The number of ether oxygens (including phenoxy) is 1. The van der Waals surface area contributed by atoms with E-state index >= 15 is 0 Å². The molecule has 0 fully saturated rings. The van der Waals surface area contributed by atoms with Gasteiger partial charge in [-0.05, 0) is 6.92 Å². The monoisotopic (exact) mass is 162 g/mol. The normalized spacial score (nSPS) is 7.71. The van der Waals surface area contributed by atoms with Crippen LogP contribution < -0.4 is 0 Å². The van der Waals surface area contributed by atoms with Gasteiger partial charge in [-0.3, -0.25) is 0 Å². The molecular formula is C4H13GaO2. The Morgan fingerprint density at radius 3 is 2.29 bits per heavy atom. The van der Waals surface area contributed by atoms with Crippen LogP contribution in [0.15, 0.2) is 0 Å². The molecule has 0 aromatic heterocycles. The summed E-state index contributed by atoms with van der Waals surface area (Å²) in [5.74, 6) is 0. The van der Waals surface area contributed by atoms with Crippen molar-refractivity contribution in [3.05, 3.63) is 0 Å². The summed E-state index contributed by atoms with van der Waals surface area (Å²) < 4.78 is 4.73. The van der Waals surface area contributed by atoms with Gasteiger partial charge in [-0.1, -0.05) is 0 Å². The first kappa shape index (κ1) is 10.5. The van der Waals surface area contributed by atoms with Crippen molar-refractivity contribution in [3.63, 3.8) is 0 Å². The van der Waals surface area contributed by atoms with E-state index in [0.717, 1.165) is 0 Å². The van der Waals surface area contributed by atoms with Gasteiger partial charge in [0, 0.05) is 6.61 Å². The maximum absolute atomic E-state index is 8.07. The third-order valence-corrected chi connectivity index (χ3v) is 0.440. The SMILES string of the molecule is CCOCCO.[GaH3]. The number of hydrogen-bond acceptors (Lipinski definition) is 2. The molecule has 0 heterocycles. The summed E-state index contributed by atoms with van der Waals surface area (Å²) in [5, 5.41) is 8.07. The van der Waals surface area contributed by atoms with Crippen molar-refractivity contribution in [1.29, 1.82) is 0 Å². The van der Waals surface area contributed by atoms with E-state index in [9.17, 15) is 0 Å². The summed E-state index contributed by atoms with van der Waals surface area (Å²) in [6.45, 7) is 3.20. The fourth-order valence-electron chi connectivity index (χ4n) is 0.209. The van der Waals surface area contributed by atoms with Crippen molar-refractivity contribution in [1.82, 2.24) is 0 Å². The molecule has 0 saturated heterocycles. The minimum atomic E-state index is 0. The molecule has 0 amide bonds. The first-order valence-corrected chi connectivity index (χ1v) is 2.10. The maximum atomic E-state index is 8.07. The van der Waals surface area contributed by atoms with Crippen LogP contribution >= 0.6 is 0 Å². The molecule has 3 heteroatoms. The number of aliphatic hydroxyl groups is 1. The Hall–Kier alpha value is 0.556. The van der Waals surface area contributed by atoms with Gasteiger partial charge >= 0.3 is 19.8 Å². The van der Waals surface area contributed by atoms with E-state index in [-0.39, 0.29) is 26.4 Å². The van der Waals surface area contributed by atoms with E-state index in [0.29, 0.717) is 13.2 Å². The molecule has 2 nitrogen and oxygen atoms in total. The van der Waals surface area contributed by atoms with E-state index in [1.165, 1.54) is 0 Å². The predicted octanol–water partition coefficient (Wildman–Crippen LogP) is -1.17. The third kappa shape index (κ3) is 10.8. The van der Waals surface area contributed by atoms with E-state index < -0.39 is 0 Å². The summed E-state index contributed by atoms with van der Waals surface area (Å²) in [7, 11) is 0. The first-order valence-electron chi connectivity index (χ1n) is 2.10. The summed E-state index contributed by atoms with van der Waals surface area (Å²) in [4.78, 5) is 0. The number of rotatable bonds is 3. The summed E-state index contributed by atoms with van der Waals surface area (Å²) in [6.07, 6.45) is 0. The molecule has 0 radical (unpaired) electrons. The Morgan fingerprint density at radius 2 is 2.14 bits per heavy atom. The molecule has 0 aliphatic carbocycles. The molecule has 0 aliphatic heterocycles. The van der Waals surface area contributed by atoms with Crippen molar-refractivity contribution in [2.24, 2.45) is 0 Å². The molecule has 0 unspecified atom stereocenters. The van der Waals surface area contributed by atoms with Crippen LogP contribution in [0.3, 0.4) is 0 Å². The van der Waals surface area contributed by atoms with Crippen molar-refractivity contribution in [3.8, 4) is 0 Å². The van der Waals surface area contributed by atoms with Crippen molar-refractivity contribution in [2.75, 3.05) is 19.8 Å². The molecule has 0 spiro atoms. The van der Waals surface area contributed by atoms with E-state index in [1.54, 1.807) is 0 Å². The van der Waals surface area contributed by atoms with Crippen LogP contribution in [0.4, 0.5) is 0 Å². The van der Waals surface area contributed by atoms with Gasteiger partial charge in [0.2, 0.25) is 0 Å². The molecule has 0 bridgehead atoms. The standard InChI is InChI=1S/C4H10O2.Ga.3H/c1-2-6-4-3-5;;;;/h5H,2-4H2,1H3;;;;. The molecule has 0 atom stereocenters. The molecule has 7 heavy (non-hydrogen) atoms. The van der Waals surface area contributed by atoms with Crippen LogP contribution in [0.5, 0.6) is 0 Å². The zero-order valence-corrected chi connectivity index (χ0v) is 3.98.